The standard InChI is InChI=1S/C14H22N4O3.CH2O2/c1-10(2)13-15-7-11(8-16-13)14(21)18(9-12(19)20)6-5-17(3)4;2-1-3/h7-8,10H,5-6,9H2,1-4H3,(H,19,20);1H,(H,2,3). The maximum Gasteiger partial charge on any atom is 0.323 e. The highest BCUT2D eigenvalue weighted by Gasteiger charge is 2.19. The summed E-state index contributed by atoms with van der Waals surface area (Å²) < 4.78 is 0. The van der Waals surface area contributed by atoms with Gasteiger partial charge in [0.25, 0.3) is 12.4 Å². The van der Waals surface area contributed by atoms with Gasteiger partial charge in [0.1, 0.15) is 12.4 Å². The van der Waals surface area contributed by atoms with Gasteiger partial charge < -0.3 is 20.0 Å². The van der Waals surface area contributed by atoms with Gasteiger partial charge in [0.2, 0.25) is 0 Å². The van der Waals surface area contributed by atoms with Gasteiger partial charge in [0.05, 0.1) is 5.56 Å². The number of nitrogens with zero attached hydrogens (tertiary/aromatic N) is 4. The summed E-state index contributed by atoms with van der Waals surface area (Å²) in [5.74, 6) is -0.570. The average Bonchev–Trinajstić information content (AvgIpc) is 2.51. The Morgan fingerprint density at radius 2 is 1.71 bits per heavy atom. The Bertz CT molecular complexity index is 531. The van der Waals surface area contributed by atoms with Crippen LogP contribution in [0.5, 0.6) is 0 Å². The molecule has 0 saturated carbocycles. The molecular weight excluding hydrogens is 316 g/mol. The van der Waals surface area contributed by atoms with Crippen LogP contribution in [0.1, 0.15) is 35.9 Å². The summed E-state index contributed by atoms with van der Waals surface area (Å²) in [6.45, 7) is 4.27. The zero-order valence-corrected chi connectivity index (χ0v) is 14.3. The van der Waals surface area contributed by atoms with Crippen LogP contribution < -0.4 is 0 Å². The second-order valence-electron chi connectivity index (χ2n) is 5.51. The van der Waals surface area contributed by atoms with Crippen molar-refractivity contribution < 1.29 is 24.6 Å². The van der Waals surface area contributed by atoms with Gasteiger partial charge in [-0.05, 0) is 14.1 Å². The summed E-state index contributed by atoms with van der Waals surface area (Å²) in [6, 6.07) is 0. The predicted octanol–water partition coefficient (Wildman–Crippen LogP) is 0.389. The summed E-state index contributed by atoms with van der Waals surface area (Å²) in [6.07, 6.45) is 2.91. The van der Waals surface area contributed by atoms with Crippen molar-refractivity contribution in [3.8, 4) is 0 Å². The Balaban J connectivity index is 0.00000163. The van der Waals surface area contributed by atoms with E-state index in [-0.39, 0.29) is 24.8 Å². The molecule has 0 saturated heterocycles. The Morgan fingerprint density at radius 1 is 1.21 bits per heavy atom. The highest BCUT2D eigenvalue weighted by Crippen LogP contribution is 2.09. The molecule has 0 bridgehead atoms. The molecule has 1 heterocycles. The molecule has 0 aliphatic rings. The number of carbonyl (C=O) groups is 3. The van der Waals surface area contributed by atoms with Crippen LogP contribution in [0.4, 0.5) is 0 Å². The molecule has 1 aromatic rings. The van der Waals surface area contributed by atoms with Crippen LogP contribution in [0.25, 0.3) is 0 Å². The quantitative estimate of drug-likeness (QED) is 0.683. The summed E-state index contributed by atoms with van der Waals surface area (Å²) in [4.78, 5) is 43.1. The molecule has 1 amide bonds. The van der Waals surface area contributed by atoms with E-state index < -0.39 is 5.97 Å². The molecule has 0 aromatic carbocycles. The SMILES string of the molecule is CC(C)c1ncc(C(=O)N(CCN(C)C)CC(=O)O)cn1.O=CO. The van der Waals surface area contributed by atoms with Gasteiger partial charge in [0.15, 0.2) is 0 Å². The average molecular weight is 340 g/mol. The van der Waals surface area contributed by atoms with Crippen LogP contribution in [-0.2, 0) is 9.59 Å². The number of carboxylic acids is 1. The van der Waals surface area contributed by atoms with E-state index >= 15 is 0 Å². The zero-order chi connectivity index (χ0) is 18.7. The maximum atomic E-state index is 12.3. The minimum Gasteiger partial charge on any atom is -0.483 e. The number of likely N-dealkylation sites (N-methyl/N-ethyl adjacent to an activating group) is 1. The molecule has 2 N–H and O–H groups in total. The number of hydrogen-bond acceptors (Lipinski definition) is 6. The Kier molecular flexibility index (Phi) is 9.88. The van der Waals surface area contributed by atoms with Crippen LogP contribution in [-0.4, -0.2) is 82.1 Å². The summed E-state index contributed by atoms with van der Waals surface area (Å²) in [7, 11) is 3.73. The minimum atomic E-state index is -1.04. The summed E-state index contributed by atoms with van der Waals surface area (Å²) in [5.41, 5.74) is 0.305. The lowest BCUT2D eigenvalue weighted by atomic mass is 10.2. The molecule has 9 heteroatoms. The van der Waals surface area contributed by atoms with E-state index in [1.165, 1.54) is 17.3 Å². The van der Waals surface area contributed by atoms with Crippen molar-refractivity contribution in [2.75, 3.05) is 33.7 Å². The van der Waals surface area contributed by atoms with Gasteiger partial charge >= 0.3 is 5.97 Å². The van der Waals surface area contributed by atoms with E-state index in [0.717, 1.165) is 0 Å². The molecule has 0 spiro atoms. The molecular formula is C15H24N4O5. The van der Waals surface area contributed by atoms with Gasteiger partial charge in [-0.3, -0.25) is 14.4 Å². The number of hydrogen-bond donors (Lipinski definition) is 2. The number of carboxylic acid groups (broad SMARTS) is 2. The van der Waals surface area contributed by atoms with E-state index in [4.69, 9.17) is 15.0 Å². The summed E-state index contributed by atoms with van der Waals surface area (Å²) >= 11 is 0. The Morgan fingerprint density at radius 3 is 2.08 bits per heavy atom. The van der Waals surface area contributed by atoms with Crippen molar-refractivity contribution >= 4 is 18.3 Å². The second-order valence-corrected chi connectivity index (χ2v) is 5.51. The largest absolute Gasteiger partial charge is 0.483 e. The molecule has 9 nitrogen and oxygen atoms in total. The molecule has 134 valence electrons. The van der Waals surface area contributed by atoms with Gasteiger partial charge in [-0.25, -0.2) is 9.97 Å². The molecule has 0 atom stereocenters. The van der Waals surface area contributed by atoms with Crippen LogP contribution >= 0.6 is 0 Å². The first-order valence-electron chi connectivity index (χ1n) is 7.28. The monoisotopic (exact) mass is 340 g/mol. The van der Waals surface area contributed by atoms with E-state index in [1.54, 1.807) is 0 Å². The number of rotatable bonds is 7. The van der Waals surface area contributed by atoms with Crippen LogP contribution in [0, 0.1) is 0 Å². The fourth-order valence-electron chi connectivity index (χ4n) is 1.67. The minimum absolute atomic E-state index is 0.179. The lowest BCUT2D eigenvalue weighted by molar-refractivity contribution is -0.137. The van der Waals surface area contributed by atoms with Crippen molar-refractivity contribution in [2.45, 2.75) is 19.8 Å². The van der Waals surface area contributed by atoms with E-state index in [0.29, 0.717) is 24.5 Å². The first kappa shape index (κ1) is 21.4. The predicted molar refractivity (Wildman–Crippen MR) is 86.9 cm³/mol. The zero-order valence-electron chi connectivity index (χ0n) is 14.3. The Hall–Kier alpha value is -2.55. The number of amides is 1. The normalized spacial score (nSPS) is 10.1. The maximum absolute atomic E-state index is 12.3. The molecule has 0 radical (unpaired) electrons. The third kappa shape index (κ3) is 8.18. The fraction of sp³-hybridized carbons (Fsp3) is 0.533. The fourth-order valence-corrected chi connectivity index (χ4v) is 1.67. The first-order chi connectivity index (χ1) is 11.2. The molecule has 0 fully saturated rings. The highest BCUT2D eigenvalue weighted by atomic mass is 16.4. The Labute approximate surface area is 140 Å². The topological polar surface area (TPSA) is 124 Å². The van der Waals surface area contributed by atoms with Gasteiger partial charge in [0, 0.05) is 31.4 Å². The van der Waals surface area contributed by atoms with Crippen LogP contribution in [0.15, 0.2) is 12.4 Å². The molecule has 1 aromatic heterocycles. The van der Waals surface area contributed by atoms with Crippen molar-refractivity contribution in [1.29, 1.82) is 0 Å². The molecule has 0 unspecified atom stereocenters. The third-order valence-electron chi connectivity index (χ3n) is 2.87. The van der Waals surface area contributed by atoms with Gasteiger partial charge in [-0.2, -0.15) is 0 Å². The van der Waals surface area contributed by atoms with Gasteiger partial charge in [-0.15, -0.1) is 0 Å². The highest BCUT2D eigenvalue weighted by molar-refractivity contribution is 5.95. The van der Waals surface area contributed by atoms with E-state index in [9.17, 15) is 9.59 Å². The molecule has 0 aliphatic carbocycles. The van der Waals surface area contributed by atoms with E-state index in [1.807, 2.05) is 32.8 Å². The van der Waals surface area contributed by atoms with Crippen molar-refractivity contribution in [2.24, 2.45) is 0 Å². The first-order valence-corrected chi connectivity index (χ1v) is 7.28. The smallest absolute Gasteiger partial charge is 0.323 e. The van der Waals surface area contributed by atoms with Crippen molar-refractivity contribution in [1.82, 2.24) is 19.8 Å². The van der Waals surface area contributed by atoms with Crippen molar-refractivity contribution in [3.05, 3.63) is 23.8 Å². The number of aromatic nitrogens is 2. The third-order valence-corrected chi connectivity index (χ3v) is 2.87. The summed E-state index contributed by atoms with van der Waals surface area (Å²) in [5, 5.41) is 15.8. The van der Waals surface area contributed by atoms with Gasteiger partial charge in [-0.1, -0.05) is 13.8 Å². The number of carbonyl (C=O) groups excluding carboxylic acids is 1. The lowest BCUT2D eigenvalue weighted by Crippen LogP contribution is -2.40. The van der Waals surface area contributed by atoms with Crippen LogP contribution in [0.3, 0.4) is 0 Å². The molecule has 24 heavy (non-hydrogen) atoms. The molecule has 0 aliphatic heterocycles. The molecule has 1 rings (SSSR count). The lowest BCUT2D eigenvalue weighted by Gasteiger charge is -2.22. The number of aliphatic carboxylic acids is 1. The van der Waals surface area contributed by atoms with E-state index in [2.05, 4.69) is 9.97 Å². The second kappa shape index (κ2) is 11.1. The van der Waals surface area contributed by atoms with Crippen LogP contribution in [0.2, 0.25) is 0 Å². The van der Waals surface area contributed by atoms with Crippen molar-refractivity contribution in [3.63, 3.8) is 0 Å².